The number of aliphatic hydroxyl groups excluding tert-OH is 1. The number of nitrogens with zero attached hydrogens (tertiary/aromatic N) is 1. The average Bonchev–Trinajstić information content (AvgIpc) is 3.52. The molecule has 260 valence electrons. The van der Waals surface area contributed by atoms with Gasteiger partial charge in [0.05, 0.1) is 12.6 Å². The number of ether oxygens (including phenoxy) is 2. The predicted molar refractivity (Wildman–Crippen MR) is 167 cm³/mol. The van der Waals surface area contributed by atoms with Gasteiger partial charge in [-0.1, -0.05) is 44.2 Å². The fourth-order valence-electron chi connectivity index (χ4n) is 11.3. The summed E-state index contributed by atoms with van der Waals surface area (Å²) in [6, 6.07) is 8.67. The molecule has 2 aromatic carbocycles. The number of allylic oxidation sites excluding steroid dienone is 4. The van der Waals surface area contributed by atoms with Crippen molar-refractivity contribution in [1.82, 2.24) is 4.90 Å². The molecule has 0 radical (unpaired) electrons. The minimum Gasteiger partial charge on any atom is -0.440 e. The number of alkyl halides is 3. The summed E-state index contributed by atoms with van der Waals surface area (Å²) in [7, 11) is 0. The van der Waals surface area contributed by atoms with Crippen molar-refractivity contribution < 1.29 is 46.1 Å². The third-order valence-corrected chi connectivity index (χ3v) is 13.6. The van der Waals surface area contributed by atoms with E-state index in [9.17, 15) is 36.6 Å². The van der Waals surface area contributed by atoms with Crippen molar-refractivity contribution in [3.8, 4) is 5.75 Å². The van der Waals surface area contributed by atoms with Crippen molar-refractivity contribution in [2.75, 3.05) is 6.54 Å². The largest absolute Gasteiger partial charge is 0.573 e. The lowest BCUT2D eigenvalue weighted by atomic mass is 9.32. The Labute approximate surface area is 280 Å². The number of Topliss-reactive ketones (excluding diaryl/α,β-unsaturated/α-hetero) is 1. The summed E-state index contributed by atoms with van der Waals surface area (Å²) in [4.78, 5) is 29.6. The topological polar surface area (TPSA) is 76.1 Å². The van der Waals surface area contributed by atoms with Gasteiger partial charge in [0.25, 0.3) is 0 Å². The van der Waals surface area contributed by atoms with Gasteiger partial charge in [0, 0.05) is 33.9 Å². The molecule has 4 fully saturated rings. The molecule has 3 spiro atoms. The van der Waals surface area contributed by atoms with E-state index in [-0.39, 0.29) is 47.4 Å². The molecule has 9 rings (SSSR count). The van der Waals surface area contributed by atoms with E-state index in [1.54, 1.807) is 4.90 Å². The van der Waals surface area contributed by atoms with Gasteiger partial charge in [-0.05, 0) is 98.1 Å². The number of halogens is 5. The summed E-state index contributed by atoms with van der Waals surface area (Å²) in [5, 5.41) is 10.9. The zero-order chi connectivity index (χ0) is 34.8. The highest BCUT2D eigenvalue weighted by atomic mass is 19.4. The minimum absolute atomic E-state index is 0.0330. The highest BCUT2D eigenvalue weighted by molar-refractivity contribution is 6.10. The van der Waals surface area contributed by atoms with Crippen LogP contribution in [0.25, 0.3) is 0 Å². The van der Waals surface area contributed by atoms with E-state index in [1.165, 1.54) is 30.3 Å². The molecule has 11 heteroatoms. The molecule has 8 atom stereocenters. The van der Waals surface area contributed by atoms with Crippen LogP contribution in [0.15, 0.2) is 66.3 Å². The first-order valence-corrected chi connectivity index (χ1v) is 17.0. The lowest BCUT2D eigenvalue weighted by Crippen LogP contribution is -2.67. The summed E-state index contributed by atoms with van der Waals surface area (Å²) in [5.41, 5.74) is -1.76. The molecule has 49 heavy (non-hydrogen) atoms. The zero-order valence-electron chi connectivity index (χ0n) is 27.3. The SMILES string of the molecule is C[C@]12CC[C@H]3[C@@]4(C=C[C@@]5(C=C4C(=O)c4ccc(F)c(F)c4)C[C@@H](O)CC[C@]35C)[C@@H]1CC[C@@]21CN(Cc2ccc(OC(F)(F)F)cc2)C(=O)O1. The Morgan fingerprint density at radius 2 is 1.65 bits per heavy atom. The number of rotatable bonds is 5. The van der Waals surface area contributed by atoms with Crippen LogP contribution in [0.4, 0.5) is 26.7 Å². The molecule has 6 nitrogen and oxygen atoms in total. The van der Waals surface area contributed by atoms with Crippen molar-refractivity contribution in [1.29, 1.82) is 0 Å². The number of amides is 1. The lowest BCUT2D eigenvalue weighted by molar-refractivity contribution is -0.274. The van der Waals surface area contributed by atoms with E-state index in [1.807, 2.05) is 6.08 Å². The summed E-state index contributed by atoms with van der Waals surface area (Å²) in [6.07, 6.45) is 5.16. The first-order valence-electron chi connectivity index (χ1n) is 17.0. The van der Waals surface area contributed by atoms with Crippen molar-refractivity contribution in [2.45, 2.75) is 83.4 Å². The van der Waals surface area contributed by atoms with Gasteiger partial charge in [0.15, 0.2) is 17.4 Å². The maximum atomic E-state index is 14.6. The van der Waals surface area contributed by atoms with Crippen molar-refractivity contribution in [3.05, 3.63) is 89.0 Å². The monoisotopic (exact) mass is 683 g/mol. The van der Waals surface area contributed by atoms with E-state index in [4.69, 9.17) is 4.74 Å². The van der Waals surface area contributed by atoms with Crippen molar-refractivity contribution in [3.63, 3.8) is 0 Å². The Kier molecular flexibility index (Phi) is 6.89. The Bertz CT molecular complexity index is 1810. The highest BCUT2D eigenvalue weighted by Crippen LogP contribution is 2.79. The quantitative estimate of drug-likeness (QED) is 0.195. The van der Waals surface area contributed by atoms with E-state index in [0.29, 0.717) is 36.8 Å². The summed E-state index contributed by atoms with van der Waals surface area (Å²) in [6.45, 7) is 4.84. The maximum Gasteiger partial charge on any atom is 0.573 e. The van der Waals surface area contributed by atoms with Crippen LogP contribution in [0.5, 0.6) is 5.75 Å². The third kappa shape index (κ3) is 4.45. The number of hydrogen-bond acceptors (Lipinski definition) is 5. The second-order valence-corrected chi connectivity index (χ2v) is 15.6. The number of benzene rings is 2. The van der Waals surface area contributed by atoms with Gasteiger partial charge in [-0.15, -0.1) is 13.2 Å². The van der Waals surface area contributed by atoms with Crippen LogP contribution >= 0.6 is 0 Å². The smallest absolute Gasteiger partial charge is 0.440 e. The number of hydrogen-bond donors (Lipinski definition) is 1. The van der Waals surface area contributed by atoms with Crippen LogP contribution in [0.1, 0.15) is 74.7 Å². The fraction of sp³-hybridized carbons (Fsp3) is 0.526. The lowest BCUT2D eigenvalue weighted by Gasteiger charge is -2.71. The number of carbonyl (C=O) groups is 2. The summed E-state index contributed by atoms with van der Waals surface area (Å²) >= 11 is 0. The standard InChI is InChI=1S/C38H38F5NO5/c1-33-12-9-24(45)18-35(33)15-16-37(26(19-35)31(46)23-5-8-27(39)28(40)17-23)29(33)10-13-34(2)30(37)11-14-36(34)21-44(32(47)49-36)20-22-3-6-25(7-4-22)48-38(41,42)43/h3-8,15-17,19,24,29-30,45H,9-14,18,20-21H2,1-2H3/t24-,29+,30+,33+,34-,35-,36+,37-/m0/s1. The first-order chi connectivity index (χ1) is 23.0. The number of fused-ring (bicyclic) bond motifs is 2. The van der Waals surface area contributed by atoms with Crippen LogP contribution in [0, 0.1) is 45.1 Å². The maximum absolute atomic E-state index is 14.6. The van der Waals surface area contributed by atoms with E-state index in [0.717, 1.165) is 31.4 Å². The van der Waals surface area contributed by atoms with Crippen LogP contribution < -0.4 is 4.74 Å². The number of carbonyl (C=O) groups excluding carboxylic acids is 2. The van der Waals surface area contributed by atoms with Crippen molar-refractivity contribution in [2.24, 2.45) is 33.5 Å². The molecule has 0 unspecified atom stereocenters. The molecule has 1 aliphatic heterocycles. The first kappa shape index (κ1) is 32.5. The average molecular weight is 684 g/mol. The van der Waals surface area contributed by atoms with Crippen LogP contribution in [0.3, 0.4) is 0 Å². The van der Waals surface area contributed by atoms with E-state index in [2.05, 4.69) is 30.7 Å². The Hall–Kier alpha value is -3.73. The second-order valence-electron chi connectivity index (χ2n) is 15.6. The molecule has 2 bridgehead atoms. The van der Waals surface area contributed by atoms with Gasteiger partial charge >= 0.3 is 12.5 Å². The van der Waals surface area contributed by atoms with Gasteiger partial charge in [-0.2, -0.15) is 0 Å². The van der Waals surface area contributed by atoms with E-state index >= 15 is 0 Å². The summed E-state index contributed by atoms with van der Waals surface area (Å²) < 4.78 is 76.8. The second kappa shape index (κ2) is 10.4. The van der Waals surface area contributed by atoms with Gasteiger partial charge in [-0.25, -0.2) is 13.6 Å². The van der Waals surface area contributed by atoms with Crippen molar-refractivity contribution >= 4 is 11.9 Å². The van der Waals surface area contributed by atoms with Gasteiger partial charge in [0.2, 0.25) is 0 Å². The van der Waals surface area contributed by atoms with Gasteiger partial charge < -0.3 is 14.6 Å². The molecule has 1 amide bonds. The Morgan fingerprint density at radius 3 is 2.37 bits per heavy atom. The highest BCUT2D eigenvalue weighted by Gasteiger charge is 2.76. The van der Waals surface area contributed by atoms with Gasteiger partial charge in [0.1, 0.15) is 11.4 Å². The zero-order valence-corrected chi connectivity index (χ0v) is 27.3. The minimum atomic E-state index is -4.81. The summed E-state index contributed by atoms with van der Waals surface area (Å²) in [5.74, 6) is -2.92. The molecular weight excluding hydrogens is 645 g/mol. The molecule has 0 aromatic heterocycles. The fourth-order valence-corrected chi connectivity index (χ4v) is 11.3. The molecule has 7 aliphatic rings. The molecule has 6 aliphatic carbocycles. The molecule has 1 N–H and O–H groups in total. The Morgan fingerprint density at radius 1 is 0.959 bits per heavy atom. The van der Waals surface area contributed by atoms with Crippen LogP contribution in [-0.4, -0.2) is 46.5 Å². The molecule has 3 saturated carbocycles. The number of ketones is 1. The Balaban J connectivity index is 1.16. The molecule has 2 aromatic rings. The number of aliphatic hydroxyl groups is 1. The molecule has 1 saturated heterocycles. The predicted octanol–water partition coefficient (Wildman–Crippen LogP) is 8.30. The van der Waals surface area contributed by atoms with Crippen LogP contribution in [0.2, 0.25) is 0 Å². The van der Waals surface area contributed by atoms with Crippen LogP contribution in [-0.2, 0) is 11.3 Å². The van der Waals surface area contributed by atoms with E-state index < -0.39 is 52.0 Å². The third-order valence-electron chi connectivity index (χ3n) is 13.6. The molecular formula is C38H38F5NO5. The molecule has 1 heterocycles. The van der Waals surface area contributed by atoms with Gasteiger partial charge in [-0.3, -0.25) is 9.69 Å². The normalized spacial score (nSPS) is 38.9.